The fourth-order valence-electron chi connectivity index (χ4n) is 3.74. The van der Waals surface area contributed by atoms with Crippen LogP contribution in [-0.4, -0.2) is 57.2 Å². The lowest BCUT2D eigenvalue weighted by atomic mass is 9.86. The Hall–Kier alpha value is -2.04. The van der Waals surface area contributed by atoms with E-state index in [9.17, 15) is 0 Å². The summed E-state index contributed by atoms with van der Waals surface area (Å²) in [5.41, 5.74) is 4.98. The van der Waals surface area contributed by atoms with Gasteiger partial charge in [0.05, 0.1) is 14.2 Å². The van der Waals surface area contributed by atoms with Crippen molar-refractivity contribution in [2.24, 2.45) is 0 Å². The van der Waals surface area contributed by atoms with Crippen LogP contribution in [0.1, 0.15) is 31.9 Å². The van der Waals surface area contributed by atoms with E-state index in [0.717, 1.165) is 55.3 Å². The van der Waals surface area contributed by atoms with Gasteiger partial charge < -0.3 is 14.4 Å². The van der Waals surface area contributed by atoms with Crippen molar-refractivity contribution >= 4 is 0 Å². The highest BCUT2D eigenvalue weighted by atomic mass is 16.5. The van der Waals surface area contributed by atoms with Crippen molar-refractivity contribution in [3.8, 4) is 22.6 Å². The predicted octanol–water partition coefficient (Wildman–Crippen LogP) is 4.42. The molecule has 3 rings (SSSR count). The van der Waals surface area contributed by atoms with Gasteiger partial charge in [-0.2, -0.15) is 0 Å². The minimum absolute atomic E-state index is 0.142. The molecule has 152 valence electrons. The zero-order chi connectivity index (χ0) is 20.3. The molecule has 0 unspecified atom stereocenters. The van der Waals surface area contributed by atoms with E-state index in [1.165, 1.54) is 11.1 Å². The van der Waals surface area contributed by atoms with Gasteiger partial charge in [-0.1, -0.05) is 45.0 Å². The summed E-state index contributed by atoms with van der Waals surface area (Å²) in [5, 5.41) is 0. The molecule has 0 aromatic heterocycles. The molecule has 1 heterocycles. The number of hydrogen-bond donors (Lipinski definition) is 0. The summed E-state index contributed by atoms with van der Waals surface area (Å²) in [7, 11) is 5.61. The quantitative estimate of drug-likeness (QED) is 0.764. The van der Waals surface area contributed by atoms with Gasteiger partial charge in [-0.3, -0.25) is 4.90 Å². The van der Waals surface area contributed by atoms with Crippen LogP contribution in [0, 0.1) is 0 Å². The van der Waals surface area contributed by atoms with Gasteiger partial charge >= 0.3 is 0 Å². The number of methoxy groups -OCH3 is 2. The molecule has 1 saturated heterocycles. The summed E-state index contributed by atoms with van der Waals surface area (Å²) < 4.78 is 11.4. The van der Waals surface area contributed by atoms with Crippen LogP contribution in [0.5, 0.6) is 11.5 Å². The van der Waals surface area contributed by atoms with Crippen molar-refractivity contribution in [2.75, 3.05) is 47.4 Å². The number of nitrogens with zero attached hydrogens (tertiary/aromatic N) is 2. The monoisotopic (exact) mass is 382 g/mol. The van der Waals surface area contributed by atoms with E-state index in [1.54, 1.807) is 14.2 Å². The molecule has 4 nitrogen and oxygen atoms in total. The van der Waals surface area contributed by atoms with E-state index in [2.05, 4.69) is 74.0 Å². The van der Waals surface area contributed by atoms with Crippen molar-refractivity contribution in [3.05, 3.63) is 47.5 Å². The smallest absolute Gasteiger partial charge is 0.168 e. The summed E-state index contributed by atoms with van der Waals surface area (Å²) in [6, 6.07) is 13.2. The minimum Gasteiger partial charge on any atom is -0.493 e. The van der Waals surface area contributed by atoms with Crippen molar-refractivity contribution in [1.82, 2.24) is 9.80 Å². The maximum Gasteiger partial charge on any atom is 0.168 e. The average Bonchev–Trinajstić information content (AvgIpc) is 2.68. The van der Waals surface area contributed by atoms with Crippen molar-refractivity contribution < 1.29 is 9.47 Å². The molecular formula is C24H34N2O2. The molecule has 4 heteroatoms. The van der Waals surface area contributed by atoms with Crippen LogP contribution in [0.25, 0.3) is 11.1 Å². The number of likely N-dealkylation sites (N-methyl/N-ethyl adjacent to an activating group) is 1. The molecule has 0 saturated carbocycles. The Morgan fingerprint density at radius 3 is 2.07 bits per heavy atom. The average molecular weight is 383 g/mol. The zero-order valence-electron chi connectivity index (χ0n) is 18.2. The fraction of sp³-hybridized carbons (Fsp3) is 0.500. The third kappa shape index (κ3) is 4.68. The van der Waals surface area contributed by atoms with E-state index in [-0.39, 0.29) is 5.41 Å². The van der Waals surface area contributed by atoms with Crippen molar-refractivity contribution in [3.63, 3.8) is 0 Å². The van der Waals surface area contributed by atoms with Crippen molar-refractivity contribution in [1.29, 1.82) is 0 Å². The topological polar surface area (TPSA) is 24.9 Å². The Morgan fingerprint density at radius 1 is 0.893 bits per heavy atom. The van der Waals surface area contributed by atoms with Crippen LogP contribution >= 0.6 is 0 Å². The second-order valence-corrected chi connectivity index (χ2v) is 8.79. The fourth-order valence-corrected chi connectivity index (χ4v) is 3.74. The maximum atomic E-state index is 5.73. The summed E-state index contributed by atoms with van der Waals surface area (Å²) in [4.78, 5) is 4.89. The van der Waals surface area contributed by atoms with Gasteiger partial charge in [-0.15, -0.1) is 0 Å². The lowest BCUT2D eigenvalue weighted by Crippen LogP contribution is -2.43. The number of benzene rings is 2. The Morgan fingerprint density at radius 2 is 1.54 bits per heavy atom. The predicted molar refractivity (Wildman–Crippen MR) is 116 cm³/mol. The third-order valence-electron chi connectivity index (χ3n) is 5.60. The lowest BCUT2D eigenvalue weighted by molar-refractivity contribution is 0.148. The number of rotatable bonds is 5. The van der Waals surface area contributed by atoms with Crippen molar-refractivity contribution in [2.45, 2.75) is 32.7 Å². The second kappa shape index (κ2) is 8.54. The van der Waals surface area contributed by atoms with Crippen LogP contribution in [0.15, 0.2) is 36.4 Å². The molecule has 2 aromatic carbocycles. The van der Waals surface area contributed by atoms with Crippen LogP contribution in [0.4, 0.5) is 0 Å². The molecule has 1 aliphatic heterocycles. The number of ether oxygens (including phenoxy) is 2. The first-order chi connectivity index (χ1) is 13.3. The van der Waals surface area contributed by atoms with E-state index < -0.39 is 0 Å². The van der Waals surface area contributed by atoms with Gasteiger partial charge in [-0.05, 0) is 41.3 Å². The van der Waals surface area contributed by atoms with E-state index in [0.29, 0.717) is 0 Å². The summed E-state index contributed by atoms with van der Waals surface area (Å²) >= 11 is 0. The standard InChI is InChI=1S/C24H34N2O2/c1-24(2,3)20-9-7-19(8-10-20)21-15-18(16-22(27-5)23(21)28-6)17-26-13-11-25(4)12-14-26/h7-10,15-16H,11-14,17H2,1-6H3. The number of piperazine rings is 1. The normalized spacial score (nSPS) is 16.2. The van der Waals surface area contributed by atoms with Crippen LogP contribution in [-0.2, 0) is 12.0 Å². The Kier molecular flexibility index (Phi) is 6.31. The summed E-state index contributed by atoms with van der Waals surface area (Å²) in [6.45, 7) is 12.1. The Bertz CT molecular complexity index is 785. The van der Waals surface area contributed by atoms with Gasteiger partial charge in [0, 0.05) is 38.3 Å². The highest BCUT2D eigenvalue weighted by Gasteiger charge is 2.19. The molecule has 1 fully saturated rings. The SMILES string of the molecule is COc1cc(CN2CCN(C)CC2)cc(-c2ccc(C(C)(C)C)cc2)c1OC. The van der Waals surface area contributed by atoms with Gasteiger partial charge in [0.15, 0.2) is 11.5 Å². The molecule has 0 radical (unpaired) electrons. The first-order valence-electron chi connectivity index (χ1n) is 10.1. The highest BCUT2D eigenvalue weighted by molar-refractivity contribution is 5.75. The lowest BCUT2D eigenvalue weighted by Gasteiger charge is -2.32. The van der Waals surface area contributed by atoms with Gasteiger partial charge in [0.25, 0.3) is 0 Å². The maximum absolute atomic E-state index is 5.73. The van der Waals surface area contributed by atoms with Gasteiger partial charge in [0.2, 0.25) is 0 Å². The minimum atomic E-state index is 0.142. The first-order valence-corrected chi connectivity index (χ1v) is 10.1. The molecule has 1 aliphatic rings. The highest BCUT2D eigenvalue weighted by Crippen LogP contribution is 2.40. The largest absolute Gasteiger partial charge is 0.493 e. The molecular weight excluding hydrogens is 348 g/mol. The van der Waals surface area contributed by atoms with Crippen LogP contribution < -0.4 is 9.47 Å². The molecule has 0 amide bonds. The molecule has 0 spiro atoms. The van der Waals surface area contributed by atoms with Crippen LogP contribution in [0.3, 0.4) is 0 Å². The molecule has 0 aliphatic carbocycles. The molecule has 28 heavy (non-hydrogen) atoms. The second-order valence-electron chi connectivity index (χ2n) is 8.79. The van der Waals surface area contributed by atoms with E-state index in [4.69, 9.17) is 9.47 Å². The zero-order valence-corrected chi connectivity index (χ0v) is 18.2. The Balaban J connectivity index is 1.94. The third-order valence-corrected chi connectivity index (χ3v) is 5.60. The molecule has 2 aromatic rings. The Labute approximate surface area is 170 Å². The van der Waals surface area contributed by atoms with E-state index >= 15 is 0 Å². The van der Waals surface area contributed by atoms with Gasteiger partial charge in [-0.25, -0.2) is 0 Å². The molecule has 0 atom stereocenters. The summed E-state index contributed by atoms with van der Waals surface area (Å²) in [6.07, 6.45) is 0. The van der Waals surface area contributed by atoms with Crippen LogP contribution in [0.2, 0.25) is 0 Å². The van der Waals surface area contributed by atoms with E-state index in [1.807, 2.05) is 0 Å². The number of hydrogen-bond acceptors (Lipinski definition) is 4. The molecule has 0 bridgehead atoms. The summed E-state index contributed by atoms with van der Waals surface area (Å²) in [5.74, 6) is 1.59. The first kappa shape index (κ1) is 20.7. The van der Waals surface area contributed by atoms with Gasteiger partial charge in [0.1, 0.15) is 0 Å². The molecule has 0 N–H and O–H groups in total.